The number of rotatable bonds is 6. The van der Waals surface area contributed by atoms with Crippen LogP contribution in [0.15, 0.2) is 106 Å². The highest BCUT2D eigenvalue weighted by Gasteiger charge is 2.12. The Hall–Kier alpha value is -2.59. The molecule has 0 aliphatic heterocycles. The van der Waals surface area contributed by atoms with Crippen LogP contribution in [-0.4, -0.2) is 14.1 Å². The SMILES string of the molecule is C/C(=[CH]\[Al](/[CH]=C(\C)c1ccccc1)/[CH]=C(\C)c1ccccc1)c1ccccc1. The summed E-state index contributed by atoms with van der Waals surface area (Å²) in [5.74, 6) is 0. The monoisotopic (exact) mass is 378 g/mol. The minimum Gasteiger partial charge on any atom is -0.132 e. The van der Waals surface area contributed by atoms with Crippen LogP contribution in [0.2, 0.25) is 0 Å². The fraction of sp³-hybridized carbons (Fsp3) is 0.111. The van der Waals surface area contributed by atoms with E-state index in [4.69, 9.17) is 0 Å². The van der Waals surface area contributed by atoms with E-state index in [9.17, 15) is 0 Å². The van der Waals surface area contributed by atoms with Crippen molar-refractivity contribution in [3.63, 3.8) is 0 Å². The van der Waals surface area contributed by atoms with Gasteiger partial charge in [-0.05, 0) is 37.5 Å². The van der Waals surface area contributed by atoms with Gasteiger partial charge in [0, 0.05) is 0 Å². The average Bonchev–Trinajstić information content (AvgIpc) is 2.75. The Balaban J connectivity index is 1.98. The first kappa shape index (κ1) is 20.2. The van der Waals surface area contributed by atoms with Gasteiger partial charge in [-0.15, -0.1) is 14.8 Å². The average molecular weight is 378 g/mol. The number of benzene rings is 3. The van der Waals surface area contributed by atoms with E-state index in [1.807, 2.05) is 0 Å². The smallest absolute Gasteiger partial charge is 0.132 e. The topological polar surface area (TPSA) is 0 Å². The van der Waals surface area contributed by atoms with Gasteiger partial charge >= 0.3 is 14.1 Å². The van der Waals surface area contributed by atoms with Crippen molar-refractivity contribution in [2.75, 3.05) is 0 Å². The van der Waals surface area contributed by atoms with E-state index >= 15 is 0 Å². The summed E-state index contributed by atoms with van der Waals surface area (Å²) in [5.41, 5.74) is 7.97. The number of hydrogen-bond donors (Lipinski definition) is 0. The van der Waals surface area contributed by atoms with Crippen LogP contribution < -0.4 is 0 Å². The summed E-state index contributed by atoms with van der Waals surface area (Å²) in [6, 6.07) is 32.0. The van der Waals surface area contributed by atoms with Crippen molar-refractivity contribution in [2.45, 2.75) is 20.8 Å². The Bertz CT molecular complexity index is 833. The van der Waals surface area contributed by atoms with E-state index < -0.39 is 14.1 Å². The quantitative estimate of drug-likeness (QED) is 0.392. The maximum atomic E-state index is 2.49. The van der Waals surface area contributed by atoms with Crippen LogP contribution in [0.4, 0.5) is 0 Å². The van der Waals surface area contributed by atoms with Gasteiger partial charge in [-0.1, -0.05) is 108 Å². The van der Waals surface area contributed by atoms with Gasteiger partial charge in [0.05, 0.1) is 0 Å². The van der Waals surface area contributed by atoms with Gasteiger partial charge in [-0.2, -0.15) is 0 Å². The third-order valence-corrected chi connectivity index (χ3v) is 7.67. The molecule has 0 radical (unpaired) electrons. The summed E-state index contributed by atoms with van der Waals surface area (Å²) in [6.45, 7) is 6.69. The Morgan fingerprint density at radius 1 is 0.464 bits per heavy atom. The molecule has 0 aromatic heterocycles. The maximum Gasteiger partial charge on any atom is 0.359 e. The molecule has 0 aliphatic carbocycles. The molecule has 0 unspecified atom stereocenters. The highest BCUT2D eigenvalue weighted by atomic mass is 27.2. The van der Waals surface area contributed by atoms with Crippen LogP contribution in [-0.2, 0) is 0 Å². The standard InChI is InChI=1S/3C9H9.Al/c3*1-8(2)9-6-4-3-5-7-9;/h3*1,3-7H,2H3;. The van der Waals surface area contributed by atoms with Crippen molar-refractivity contribution in [2.24, 2.45) is 0 Å². The summed E-state index contributed by atoms with van der Waals surface area (Å²) in [6.07, 6.45) is 0. The Labute approximate surface area is 174 Å². The molecule has 0 heterocycles. The molecule has 3 rings (SSSR count). The van der Waals surface area contributed by atoms with Crippen molar-refractivity contribution in [3.8, 4) is 0 Å². The van der Waals surface area contributed by atoms with Gasteiger partial charge in [-0.3, -0.25) is 0 Å². The third-order valence-electron chi connectivity index (χ3n) is 5.01. The van der Waals surface area contributed by atoms with E-state index in [-0.39, 0.29) is 0 Å². The Morgan fingerprint density at radius 2 is 0.714 bits per heavy atom. The molecule has 0 bridgehead atoms. The number of allylic oxidation sites excluding steroid dienone is 3. The van der Waals surface area contributed by atoms with Gasteiger partial charge < -0.3 is 0 Å². The second kappa shape index (κ2) is 10.1. The van der Waals surface area contributed by atoms with Crippen molar-refractivity contribution in [1.29, 1.82) is 0 Å². The minimum atomic E-state index is -1.40. The Kier molecular flexibility index (Phi) is 7.26. The van der Waals surface area contributed by atoms with E-state index in [2.05, 4.69) is 127 Å². The van der Waals surface area contributed by atoms with Crippen LogP contribution in [0, 0.1) is 0 Å². The van der Waals surface area contributed by atoms with Crippen LogP contribution in [0.3, 0.4) is 0 Å². The van der Waals surface area contributed by atoms with Crippen LogP contribution in [0.5, 0.6) is 0 Å². The largest absolute Gasteiger partial charge is 0.359 e. The predicted molar refractivity (Wildman–Crippen MR) is 126 cm³/mol. The van der Waals surface area contributed by atoms with Gasteiger partial charge in [0.1, 0.15) is 0 Å². The summed E-state index contributed by atoms with van der Waals surface area (Å²) in [4.78, 5) is 7.48. The third kappa shape index (κ3) is 5.70. The van der Waals surface area contributed by atoms with Gasteiger partial charge in [0.15, 0.2) is 0 Å². The second-order valence-electron chi connectivity index (χ2n) is 7.22. The van der Waals surface area contributed by atoms with Crippen LogP contribution in [0.25, 0.3) is 16.7 Å². The predicted octanol–water partition coefficient (Wildman–Crippen LogP) is 7.41. The van der Waals surface area contributed by atoms with Crippen molar-refractivity contribution in [3.05, 3.63) is 122 Å². The van der Waals surface area contributed by atoms with Crippen molar-refractivity contribution < 1.29 is 0 Å². The minimum absolute atomic E-state index is 1.30. The van der Waals surface area contributed by atoms with E-state index in [1.165, 1.54) is 33.4 Å². The maximum absolute atomic E-state index is 2.49. The summed E-state index contributed by atoms with van der Waals surface area (Å²) >= 11 is -1.40. The molecule has 3 aromatic carbocycles. The van der Waals surface area contributed by atoms with Crippen LogP contribution in [0.1, 0.15) is 37.5 Å². The lowest BCUT2D eigenvalue weighted by Crippen LogP contribution is -2.06. The molecule has 0 amide bonds. The highest BCUT2D eigenvalue weighted by molar-refractivity contribution is 6.76. The lowest BCUT2D eigenvalue weighted by Gasteiger charge is -2.08. The van der Waals surface area contributed by atoms with Gasteiger partial charge in [0.25, 0.3) is 0 Å². The Morgan fingerprint density at radius 3 is 0.964 bits per heavy atom. The normalized spacial score (nSPS) is 12.8. The molecular formula is C27H27Al. The fourth-order valence-corrected chi connectivity index (χ4v) is 6.00. The van der Waals surface area contributed by atoms with E-state index in [0.29, 0.717) is 0 Å². The molecule has 28 heavy (non-hydrogen) atoms. The first-order valence-corrected chi connectivity index (χ1v) is 11.8. The molecule has 3 aromatic rings. The molecule has 0 atom stereocenters. The lowest BCUT2D eigenvalue weighted by molar-refractivity contribution is 1.56. The number of hydrogen-bond acceptors (Lipinski definition) is 0. The zero-order valence-electron chi connectivity index (χ0n) is 17.0. The molecule has 0 spiro atoms. The summed E-state index contributed by atoms with van der Waals surface area (Å²) in [5, 5.41) is 0. The lowest BCUT2D eigenvalue weighted by atomic mass is 10.1. The molecule has 0 saturated heterocycles. The fourth-order valence-electron chi connectivity index (χ4n) is 3.40. The van der Waals surface area contributed by atoms with Gasteiger partial charge in [-0.25, -0.2) is 0 Å². The first-order valence-electron chi connectivity index (χ1n) is 9.85. The molecule has 0 fully saturated rings. The van der Waals surface area contributed by atoms with Crippen LogP contribution >= 0.6 is 0 Å². The molecule has 0 saturated carbocycles. The zero-order valence-corrected chi connectivity index (χ0v) is 18.1. The van der Waals surface area contributed by atoms with E-state index in [0.717, 1.165) is 0 Å². The van der Waals surface area contributed by atoms with Gasteiger partial charge in [0.2, 0.25) is 0 Å². The first-order chi connectivity index (χ1) is 13.6. The van der Waals surface area contributed by atoms with E-state index in [1.54, 1.807) is 0 Å². The summed E-state index contributed by atoms with van der Waals surface area (Å²) in [7, 11) is 0. The van der Waals surface area contributed by atoms with Crippen molar-refractivity contribution in [1.82, 2.24) is 0 Å². The zero-order chi connectivity index (χ0) is 19.8. The molecular weight excluding hydrogens is 351 g/mol. The molecule has 138 valence electrons. The molecule has 0 N–H and O–H groups in total. The summed E-state index contributed by atoms with van der Waals surface area (Å²) < 4.78 is 0. The molecule has 1 heteroatoms. The molecule has 0 aliphatic rings. The second-order valence-corrected chi connectivity index (χ2v) is 9.38. The highest BCUT2D eigenvalue weighted by Crippen LogP contribution is 2.20. The molecule has 0 nitrogen and oxygen atoms in total. The van der Waals surface area contributed by atoms with Crippen molar-refractivity contribution >= 4 is 30.9 Å².